The Morgan fingerprint density at radius 2 is 2.08 bits per heavy atom. The summed E-state index contributed by atoms with van der Waals surface area (Å²) in [6, 6.07) is 0. The molecule has 12 heavy (non-hydrogen) atoms. The molecule has 1 aliphatic heterocycles. The van der Waals surface area contributed by atoms with Gasteiger partial charge in [-0.25, -0.2) is 0 Å². The molecule has 0 aromatic rings. The van der Waals surface area contributed by atoms with Gasteiger partial charge in [-0.2, -0.15) is 0 Å². The molecule has 3 nitrogen and oxygen atoms in total. The van der Waals surface area contributed by atoms with Gasteiger partial charge in [0.25, 0.3) is 0 Å². The maximum atomic E-state index is 11.2. The Hall–Kier alpha value is -0.990. The molecule has 0 atom stereocenters. The van der Waals surface area contributed by atoms with Crippen molar-refractivity contribution in [1.29, 1.82) is 0 Å². The highest BCUT2D eigenvalue weighted by Gasteiger charge is 2.40. The Kier molecular flexibility index (Phi) is 1.90. The lowest BCUT2D eigenvalue weighted by atomic mass is 10.0. The molecule has 0 saturated carbocycles. The van der Waals surface area contributed by atoms with Crippen LogP contribution < -0.4 is 0 Å². The number of nitrogens with zero attached hydrogens (tertiary/aromatic N) is 2. The van der Waals surface area contributed by atoms with Crippen LogP contribution in [0.1, 0.15) is 20.8 Å². The second-order valence-corrected chi connectivity index (χ2v) is 3.79. The summed E-state index contributed by atoms with van der Waals surface area (Å²) in [6.45, 7) is 10.2. The molecule has 0 bridgehead atoms. The molecule has 0 radical (unpaired) electrons. The summed E-state index contributed by atoms with van der Waals surface area (Å²) < 4.78 is 0. The van der Waals surface area contributed by atoms with E-state index in [-0.39, 0.29) is 11.4 Å². The third-order valence-corrected chi connectivity index (χ3v) is 2.58. The van der Waals surface area contributed by atoms with Crippen LogP contribution in [-0.2, 0) is 4.79 Å². The topological polar surface area (TPSA) is 23.6 Å². The van der Waals surface area contributed by atoms with Gasteiger partial charge in [0.05, 0.1) is 12.2 Å². The Labute approximate surface area is 73.6 Å². The zero-order chi connectivity index (χ0) is 9.52. The van der Waals surface area contributed by atoms with Crippen molar-refractivity contribution >= 4 is 5.91 Å². The Balaban J connectivity index is 2.95. The predicted octanol–water partition coefficient (Wildman–Crippen LogP) is 1.03. The van der Waals surface area contributed by atoms with Crippen LogP contribution in [0.4, 0.5) is 0 Å². The van der Waals surface area contributed by atoms with E-state index in [1.807, 2.05) is 30.7 Å². The van der Waals surface area contributed by atoms with Crippen LogP contribution in [0, 0.1) is 0 Å². The minimum absolute atomic E-state index is 0.102. The quantitative estimate of drug-likeness (QED) is 0.539. The summed E-state index contributed by atoms with van der Waals surface area (Å²) in [5, 5.41) is 0. The summed E-state index contributed by atoms with van der Waals surface area (Å²) in [5.41, 5.74) is 0.776. The molecule has 1 saturated heterocycles. The molecule has 1 amide bonds. The molecule has 1 heterocycles. The fourth-order valence-corrected chi connectivity index (χ4v) is 1.59. The molecule has 0 N–H and O–H groups in total. The van der Waals surface area contributed by atoms with Gasteiger partial charge in [-0.15, -0.1) is 0 Å². The largest absolute Gasteiger partial charge is 0.359 e. The van der Waals surface area contributed by atoms with E-state index in [1.54, 1.807) is 6.92 Å². The third kappa shape index (κ3) is 1.09. The highest BCUT2D eigenvalue weighted by atomic mass is 16.2. The summed E-state index contributed by atoms with van der Waals surface area (Å²) in [6.07, 6.45) is 0. The van der Waals surface area contributed by atoms with E-state index in [1.165, 1.54) is 0 Å². The average Bonchev–Trinajstić information content (AvgIpc) is 2.13. The van der Waals surface area contributed by atoms with Crippen molar-refractivity contribution in [2.24, 2.45) is 0 Å². The molecule has 1 fully saturated rings. The lowest BCUT2D eigenvalue weighted by Crippen LogP contribution is -2.42. The summed E-state index contributed by atoms with van der Waals surface area (Å²) in [4.78, 5) is 15.0. The summed E-state index contributed by atoms with van der Waals surface area (Å²) in [5.74, 6) is 0.102. The minimum Gasteiger partial charge on any atom is -0.359 e. The first-order chi connectivity index (χ1) is 5.37. The van der Waals surface area contributed by atoms with E-state index < -0.39 is 0 Å². The standard InChI is InChI=1S/C9H16N2O/c1-7-9(3,4)11(8(2)12)6-10(7)5/h1,6H2,2-5H3. The maximum absolute atomic E-state index is 11.2. The van der Waals surface area contributed by atoms with Crippen LogP contribution in [0.15, 0.2) is 12.3 Å². The molecule has 3 heteroatoms. The third-order valence-electron chi connectivity index (χ3n) is 2.58. The maximum Gasteiger partial charge on any atom is 0.221 e. The number of amides is 1. The van der Waals surface area contributed by atoms with Crippen LogP contribution in [-0.4, -0.2) is 35.0 Å². The van der Waals surface area contributed by atoms with Crippen molar-refractivity contribution < 1.29 is 4.79 Å². The van der Waals surface area contributed by atoms with E-state index in [2.05, 4.69) is 6.58 Å². The molecule has 0 aromatic heterocycles. The molecular weight excluding hydrogens is 152 g/mol. The van der Waals surface area contributed by atoms with Gasteiger partial charge in [0.15, 0.2) is 0 Å². The number of hydrogen-bond acceptors (Lipinski definition) is 2. The van der Waals surface area contributed by atoms with Gasteiger partial charge in [-0.1, -0.05) is 6.58 Å². The van der Waals surface area contributed by atoms with Gasteiger partial charge in [0, 0.05) is 19.7 Å². The Morgan fingerprint density at radius 3 is 2.25 bits per heavy atom. The molecule has 0 unspecified atom stereocenters. The highest BCUT2D eigenvalue weighted by molar-refractivity contribution is 5.75. The normalized spacial score (nSPS) is 21.8. The van der Waals surface area contributed by atoms with Crippen molar-refractivity contribution in [2.75, 3.05) is 13.7 Å². The molecule has 0 spiro atoms. The van der Waals surface area contributed by atoms with Gasteiger partial charge < -0.3 is 9.80 Å². The highest BCUT2D eigenvalue weighted by Crippen LogP contribution is 2.31. The molecule has 68 valence electrons. The smallest absolute Gasteiger partial charge is 0.221 e. The second-order valence-electron chi connectivity index (χ2n) is 3.79. The fourth-order valence-electron chi connectivity index (χ4n) is 1.59. The van der Waals surface area contributed by atoms with Crippen molar-refractivity contribution in [3.05, 3.63) is 12.3 Å². The van der Waals surface area contributed by atoms with Gasteiger partial charge in [-0.3, -0.25) is 4.79 Å². The molecular formula is C9H16N2O. The first kappa shape index (κ1) is 9.10. The minimum atomic E-state index is -0.222. The molecule has 0 aromatic carbocycles. The molecule has 1 aliphatic rings. The van der Waals surface area contributed by atoms with Crippen molar-refractivity contribution in [3.8, 4) is 0 Å². The zero-order valence-electron chi connectivity index (χ0n) is 8.22. The average molecular weight is 168 g/mol. The van der Waals surface area contributed by atoms with Crippen LogP contribution in [0.5, 0.6) is 0 Å². The number of rotatable bonds is 0. The number of carbonyl (C=O) groups is 1. The zero-order valence-corrected chi connectivity index (χ0v) is 8.22. The second kappa shape index (κ2) is 2.51. The monoisotopic (exact) mass is 168 g/mol. The van der Waals surface area contributed by atoms with Crippen LogP contribution in [0.25, 0.3) is 0 Å². The Bertz CT molecular complexity index is 233. The number of likely N-dealkylation sites (N-methyl/N-ethyl adjacent to an activating group) is 1. The first-order valence-corrected chi connectivity index (χ1v) is 4.06. The van der Waals surface area contributed by atoms with E-state index in [0.29, 0.717) is 6.67 Å². The molecule has 0 aliphatic carbocycles. The lowest BCUT2D eigenvalue weighted by molar-refractivity contribution is -0.131. The van der Waals surface area contributed by atoms with E-state index in [4.69, 9.17) is 0 Å². The van der Waals surface area contributed by atoms with E-state index in [0.717, 1.165) is 5.70 Å². The number of hydrogen-bond donors (Lipinski definition) is 0. The van der Waals surface area contributed by atoms with Crippen LogP contribution in [0.3, 0.4) is 0 Å². The van der Waals surface area contributed by atoms with Crippen molar-refractivity contribution in [1.82, 2.24) is 9.80 Å². The predicted molar refractivity (Wildman–Crippen MR) is 48.4 cm³/mol. The van der Waals surface area contributed by atoms with Crippen LogP contribution >= 0.6 is 0 Å². The SMILES string of the molecule is C=C1N(C)CN(C(C)=O)C1(C)C. The van der Waals surface area contributed by atoms with Gasteiger partial charge >= 0.3 is 0 Å². The molecule has 1 rings (SSSR count). The Morgan fingerprint density at radius 1 is 1.58 bits per heavy atom. The fraction of sp³-hybridized carbons (Fsp3) is 0.667. The van der Waals surface area contributed by atoms with Crippen molar-refractivity contribution in [2.45, 2.75) is 26.3 Å². The van der Waals surface area contributed by atoms with Gasteiger partial charge in [0.2, 0.25) is 5.91 Å². The van der Waals surface area contributed by atoms with Gasteiger partial charge in [-0.05, 0) is 13.8 Å². The van der Waals surface area contributed by atoms with Gasteiger partial charge in [0.1, 0.15) is 0 Å². The first-order valence-electron chi connectivity index (χ1n) is 4.06. The van der Waals surface area contributed by atoms with Crippen LogP contribution in [0.2, 0.25) is 0 Å². The summed E-state index contributed by atoms with van der Waals surface area (Å²) >= 11 is 0. The lowest BCUT2D eigenvalue weighted by Gasteiger charge is -2.29. The van der Waals surface area contributed by atoms with E-state index in [9.17, 15) is 4.79 Å². The van der Waals surface area contributed by atoms with Crippen molar-refractivity contribution in [3.63, 3.8) is 0 Å². The number of carbonyl (C=O) groups excluding carboxylic acids is 1. The van der Waals surface area contributed by atoms with E-state index >= 15 is 0 Å². The summed E-state index contributed by atoms with van der Waals surface area (Å²) in [7, 11) is 1.95.